The quantitative estimate of drug-likeness (QED) is 0.741. The molecule has 0 bridgehead atoms. The van der Waals surface area contributed by atoms with Gasteiger partial charge >= 0.3 is 5.97 Å². The lowest BCUT2D eigenvalue weighted by atomic mass is 10.2. The summed E-state index contributed by atoms with van der Waals surface area (Å²) in [4.78, 5) is 14.9. The van der Waals surface area contributed by atoms with Crippen molar-refractivity contribution in [2.24, 2.45) is 0 Å². The van der Waals surface area contributed by atoms with Crippen LogP contribution in [0.1, 0.15) is 21.7 Å². The Balaban J connectivity index is 2.36. The Hall–Kier alpha value is -2.75. The van der Waals surface area contributed by atoms with E-state index in [9.17, 15) is 15.2 Å². The fourth-order valence-corrected chi connectivity index (χ4v) is 3.02. The van der Waals surface area contributed by atoms with E-state index >= 15 is 0 Å². The fourth-order valence-electron chi connectivity index (χ4n) is 2.50. The minimum atomic E-state index is -1.46. The second-order valence-electron chi connectivity index (χ2n) is 4.97. The van der Waals surface area contributed by atoms with Gasteiger partial charge in [0.2, 0.25) is 0 Å². The number of hydrogen-bond donors (Lipinski definition) is 2. The van der Waals surface area contributed by atoms with E-state index in [1.54, 1.807) is 0 Å². The van der Waals surface area contributed by atoms with E-state index in [1.807, 2.05) is 36.4 Å². The Bertz CT molecular complexity index is 1010. The maximum absolute atomic E-state index is 11.2. The summed E-state index contributed by atoms with van der Waals surface area (Å²) in [5.41, 5.74) is 0.261. The molecule has 0 unspecified atom stereocenters. The van der Waals surface area contributed by atoms with Crippen molar-refractivity contribution in [1.82, 2.24) is 9.55 Å². The van der Waals surface area contributed by atoms with E-state index in [0.29, 0.717) is 0 Å². The Kier molecular flexibility index (Phi) is 4.06. The van der Waals surface area contributed by atoms with Crippen LogP contribution < -0.4 is 0 Å². The van der Waals surface area contributed by atoms with Crippen molar-refractivity contribution in [1.29, 1.82) is 5.26 Å². The zero-order valence-corrected chi connectivity index (χ0v) is 13.5. The van der Waals surface area contributed by atoms with Gasteiger partial charge in [-0.15, -0.1) is 0 Å². The molecule has 3 aromatic rings. The highest BCUT2D eigenvalue weighted by atomic mass is 35.5. The third kappa shape index (κ3) is 2.44. The molecule has 8 heteroatoms. The van der Waals surface area contributed by atoms with E-state index in [1.165, 1.54) is 4.57 Å². The van der Waals surface area contributed by atoms with Gasteiger partial charge < -0.3 is 14.8 Å². The van der Waals surface area contributed by atoms with Crippen LogP contribution in [0.15, 0.2) is 30.3 Å². The maximum atomic E-state index is 11.2. The average molecular weight is 362 g/mol. The van der Waals surface area contributed by atoms with Crippen molar-refractivity contribution in [2.75, 3.05) is 0 Å². The van der Waals surface area contributed by atoms with Crippen molar-refractivity contribution in [3.8, 4) is 11.8 Å². The molecule has 24 heavy (non-hydrogen) atoms. The van der Waals surface area contributed by atoms with Crippen molar-refractivity contribution in [3.63, 3.8) is 0 Å². The molecule has 3 rings (SSSR count). The van der Waals surface area contributed by atoms with Crippen LogP contribution in [-0.4, -0.2) is 25.7 Å². The van der Waals surface area contributed by atoms with Crippen LogP contribution in [0.2, 0.25) is 10.2 Å². The number of carboxylic acid groups (broad SMARTS) is 1. The molecular weight excluding hydrogens is 353 g/mol. The zero-order chi connectivity index (χ0) is 17.4. The minimum absolute atomic E-state index is 0.00143. The lowest BCUT2D eigenvalue weighted by Gasteiger charge is -2.09. The highest BCUT2D eigenvalue weighted by Crippen LogP contribution is 2.41. The Morgan fingerprint density at radius 3 is 2.54 bits per heavy atom. The Morgan fingerprint density at radius 1 is 1.29 bits per heavy atom. The number of nitrogens with zero attached hydrogens (tertiary/aromatic N) is 3. The Morgan fingerprint density at radius 2 is 1.96 bits per heavy atom. The van der Waals surface area contributed by atoms with Crippen molar-refractivity contribution >= 4 is 40.1 Å². The molecule has 0 aliphatic carbocycles. The second-order valence-corrected chi connectivity index (χ2v) is 5.71. The number of aromatic nitrogens is 2. The standard InChI is InChI=1S/C16H9Cl2N3O3/c17-11-10-13(9(6-19)20-12(14(10)22)16(23)24)21(15(11)18)7-8-4-2-1-3-5-8/h1-5,22H,7H2,(H,23,24). The van der Waals surface area contributed by atoms with Gasteiger partial charge in [0, 0.05) is 6.54 Å². The number of fused-ring (bicyclic) bond motifs is 1. The first-order valence-corrected chi connectivity index (χ1v) is 7.48. The van der Waals surface area contributed by atoms with E-state index in [0.717, 1.165) is 5.56 Å². The first-order chi connectivity index (χ1) is 11.5. The molecule has 120 valence electrons. The summed E-state index contributed by atoms with van der Waals surface area (Å²) in [7, 11) is 0. The van der Waals surface area contributed by atoms with E-state index in [4.69, 9.17) is 28.3 Å². The normalized spacial score (nSPS) is 10.7. The molecule has 0 saturated heterocycles. The number of nitriles is 1. The number of pyridine rings is 1. The van der Waals surface area contributed by atoms with E-state index in [2.05, 4.69) is 4.98 Å². The highest BCUT2D eigenvalue weighted by Gasteiger charge is 2.26. The number of rotatable bonds is 3. The number of hydrogen-bond acceptors (Lipinski definition) is 4. The van der Waals surface area contributed by atoms with Crippen LogP contribution in [0.4, 0.5) is 0 Å². The van der Waals surface area contributed by atoms with Gasteiger partial charge in [-0.2, -0.15) is 5.26 Å². The van der Waals surface area contributed by atoms with Crippen LogP contribution in [0.25, 0.3) is 10.9 Å². The van der Waals surface area contributed by atoms with E-state index in [-0.39, 0.29) is 33.3 Å². The number of halogens is 2. The number of benzene rings is 1. The zero-order valence-electron chi connectivity index (χ0n) is 12.0. The highest BCUT2D eigenvalue weighted by molar-refractivity contribution is 6.46. The second kappa shape index (κ2) is 6.04. The molecule has 2 N–H and O–H groups in total. The number of aromatic hydroxyl groups is 1. The molecule has 0 radical (unpaired) electrons. The summed E-state index contributed by atoms with van der Waals surface area (Å²) < 4.78 is 1.52. The van der Waals surface area contributed by atoms with Crippen molar-refractivity contribution in [2.45, 2.75) is 6.54 Å². The van der Waals surface area contributed by atoms with Crippen LogP contribution in [-0.2, 0) is 6.54 Å². The summed E-state index contributed by atoms with van der Waals surface area (Å²) in [5, 5.41) is 28.7. The fraction of sp³-hybridized carbons (Fsp3) is 0.0625. The molecule has 0 saturated carbocycles. The topological polar surface area (TPSA) is 99.1 Å². The summed E-state index contributed by atoms with van der Waals surface area (Å²) in [6.07, 6.45) is 0. The first-order valence-electron chi connectivity index (χ1n) is 6.73. The number of aromatic carboxylic acids is 1. The van der Waals surface area contributed by atoms with Gasteiger partial charge in [0.05, 0.1) is 15.9 Å². The predicted octanol–water partition coefficient (Wildman–Crippen LogP) is 3.67. The maximum Gasteiger partial charge on any atom is 0.358 e. The SMILES string of the molecule is N#Cc1nc(C(=O)O)c(O)c2c(Cl)c(Cl)n(Cc3ccccc3)c12. The van der Waals surface area contributed by atoms with Gasteiger partial charge in [-0.1, -0.05) is 53.5 Å². The number of carbonyl (C=O) groups is 1. The van der Waals surface area contributed by atoms with E-state index < -0.39 is 17.4 Å². The van der Waals surface area contributed by atoms with Crippen molar-refractivity contribution < 1.29 is 15.0 Å². The lowest BCUT2D eigenvalue weighted by molar-refractivity contribution is 0.0687. The van der Waals surface area contributed by atoms with Crippen LogP contribution in [0.3, 0.4) is 0 Å². The summed E-state index contributed by atoms with van der Waals surface area (Å²) in [5.74, 6) is -2.08. The third-order valence-electron chi connectivity index (χ3n) is 3.55. The molecule has 0 aliphatic rings. The van der Waals surface area contributed by atoms with Gasteiger partial charge in [-0.25, -0.2) is 9.78 Å². The van der Waals surface area contributed by atoms with Crippen LogP contribution in [0.5, 0.6) is 5.75 Å². The minimum Gasteiger partial charge on any atom is -0.505 e. The number of carboxylic acids is 1. The van der Waals surface area contributed by atoms with Gasteiger partial charge in [-0.05, 0) is 5.56 Å². The van der Waals surface area contributed by atoms with Crippen molar-refractivity contribution in [3.05, 3.63) is 57.5 Å². The van der Waals surface area contributed by atoms with Crippen LogP contribution >= 0.6 is 23.2 Å². The predicted molar refractivity (Wildman–Crippen MR) is 88.6 cm³/mol. The molecule has 2 heterocycles. The summed E-state index contributed by atoms with van der Waals surface area (Å²) in [6, 6.07) is 11.1. The van der Waals surface area contributed by atoms with Gasteiger partial charge in [-0.3, -0.25) is 0 Å². The molecule has 2 aromatic heterocycles. The lowest BCUT2D eigenvalue weighted by Crippen LogP contribution is -2.06. The molecular formula is C16H9Cl2N3O3. The summed E-state index contributed by atoms with van der Waals surface area (Å²) in [6.45, 7) is 0.283. The molecule has 0 fully saturated rings. The van der Waals surface area contributed by atoms with Gasteiger partial charge in [0.15, 0.2) is 17.1 Å². The molecule has 1 aromatic carbocycles. The van der Waals surface area contributed by atoms with Crippen LogP contribution in [0, 0.1) is 11.3 Å². The molecule has 0 atom stereocenters. The third-order valence-corrected chi connectivity index (χ3v) is 4.40. The monoisotopic (exact) mass is 361 g/mol. The largest absolute Gasteiger partial charge is 0.505 e. The summed E-state index contributed by atoms with van der Waals surface area (Å²) >= 11 is 12.4. The first kappa shape index (κ1) is 16.1. The Labute approximate surface area is 146 Å². The average Bonchev–Trinajstić information content (AvgIpc) is 2.82. The van der Waals surface area contributed by atoms with Gasteiger partial charge in [0.25, 0.3) is 0 Å². The molecule has 0 amide bonds. The van der Waals surface area contributed by atoms with Gasteiger partial charge in [0.1, 0.15) is 11.2 Å². The smallest absolute Gasteiger partial charge is 0.358 e. The molecule has 0 spiro atoms. The molecule has 6 nitrogen and oxygen atoms in total. The molecule has 0 aliphatic heterocycles.